The number of rotatable bonds is 0. The summed E-state index contributed by atoms with van der Waals surface area (Å²) in [6.07, 6.45) is 0. The molecule has 2 fully saturated rings. The van der Waals surface area contributed by atoms with Crippen molar-refractivity contribution in [3.05, 3.63) is 66.6 Å². The molecule has 2 aliphatic carbocycles. The van der Waals surface area contributed by atoms with Gasteiger partial charge < -0.3 is 7.43 Å². The first-order chi connectivity index (χ1) is 9.11. The Morgan fingerprint density at radius 1 is 0.273 bits per heavy atom. The van der Waals surface area contributed by atoms with Crippen LogP contribution in [0.2, 0.25) is 0 Å². The SMILES string of the molecule is C[C]1[C](C)[C](C)[C](C)[C]1C.C[C]1[C](C)[C](C)[C](C)[C]1C.[CH3-].[Ti]. The third-order valence-electron chi connectivity index (χ3n) is 5.62. The summed E-state index contributed by atoms with van der Waals surface area (Å²) in [6.45, 7) is 22.0. The summed E-state index contributed by atoms with van der Waals surface area (Å²) in [7, 11) is 0. The van der Waals surface area contributed by atoms with Gasteiger partial charge in [-0.1, -0.05) is 69.2 Å². The molecule has 0 nitrogen and oxygen atoms in total. The molecule has 0 saturated heterocycles. The van der Waals surface area contributed by atoms with Gasteiger partial charge in [0.2, 0.25) is 0 Å². The van der Waals surface area contributed by atoms with Gasteiger partial charge in [-0.25, -0.2) is 0 Å². The normalized spacial score (nSPS) is 25.9. The maximum Gasteiger partial charge on any atom is 0 e. The molecule has 0 amide bonds. The molecule has 0 bridgehead atoms. The van der Waals surface area contributed by atoms with Crippen molar-refractivity contribution in [1.82, 2.24) is 0 Å². The van der Waals surface area contributed by atoms with E-state index in [-0.39, 0.29) is 29.1 Å². The predicted molar refractivity (Wildman–Crippen MR) is 95.6 cm³/mol. The van der Waals surface area contributed by atoms with E-state index in [1.807, 2.05) is 0 Å². The van der Waals surface area contributed by atoms with E-state index in [2.05, 4.69) is 69.2 Å². The van der Waals surface area contributed by atoms with Gasteiger partial charge in [0.15, 0.2) is 0 Å². The largest absolute Gasteiger partial charge is 0.358 e. The fourth-order valence-electron chi connectivity index (χ4n) is 2.81. The molecule has 0 atom stereocenters. The molecule has 10 radical (unpaired) electrons. The molecule has 0 aliphatic heterocycles. The molecule has 1 heteroatoms. The number of hydrogen-bond acceptors (Lipinski definition) is 0. The van der Waals surface area contributed by atoms with Crippen LogP contribution in [0.1, 0.15) is 69.2 Å². The summed E-state index contributed by atoms with van der Waals surface area (Å²) in [5.74, 6) is 14.7. The first-order valence-electron chi connectivity index (χ1n) is 7.50. The molecule has 122 valence electrons. The molecule has 22 heavy (non-hydrogen) atoms. The first kappa shape index (κ1) is 25.0. The fourth-order valence-corrected chi connectivity index (χ4v) is 2.81. The van der Waals surface area contributed by atoms with Crippen LogP contribution in [0.25, 0.3) is 0 Å². The molecule has 0 heterocycles. The van der Waals surface area contributed by atoms with Crippen LogP contribution in [0.5, 0.6) is 0 Å². The third kappa shape index (κ3) is 4.86. The van der Waals surface area contributed by atoms with Gasteiger partial charge in [0, 0.05) is 21.7 Å². The van der Waals surface area contributed by atoms with Crippen LogP contribution in [0.3, 0.4) is 0 Å². The topological polar surface area (TPSA) is 0 Å². The molecule has 0 spiro atoms. The van der Waals surface area contributed by atoms with E-state index >= 15 is 0 Å². The molecular formula is C21H33Ti-. The Morgan fingerprint density at radius 2 is 0.318 bits per heavy atom. The Morgan fingerprint density at radius 3 is 0.364 bits per heavy atom. The molecule has 0 unspecified atom stereocenters. The maximum absolute atomic E-state index is 2.20. The van der Waals surface area contributed by atoms with Crippen LogP contribution in [0.15, 0.2) is 0 Å². The maximum atomic E-state index is 2.20. The zero-order valence-corrected chi connectivity index (χ0v) is 18.1. The van der Waals surface area contributed by atoms with Crippen LogP contribution in [0, 0.1) is 66.6 Å². The van der Waals surface area contributed by atoms with Gasteiger partial charge in [0.1, 0.15) is 0 Å². The van der Waals surface area contributed by atoms with Crippen molar-refractivity contribution in [1.29, 1.82) is 0 Å². The quantitative estimate of drug-likeness (QED) is 0.356. The van der Waals surface area contributed by atoms with Crippen molar-refractivity contribution in [2.75, 3.05) is 0 Å². The average molecular weight is 333 g/mol. The summed E-state index contributed by atoms with van der Waals surface area (Å²) < 4.78 is 0. The van der Waals surface area contributed by atoms with Crippen LogP contribution in [0.4, 0.5) is 0 Å². The second kappa shape index (κ2) is 9.88. The Labute approximate surface area is 157 Å². The van der Waals surface area contributed by atoms with Crippen molar-refractivity contribution < 1.29 is 21.7 Å². The van der Waals surface area contributed by atoms with Crippen molar-refractivity contribution in [2.45, 2.75) is 69.2 Å². The van der Waals surface area contributed by atoms with Crippen LogP contribution < -0.4 is 0 Å². The van der Waals surface area contributed by atoms with Crippen LogP contribution in [-0.4, -0.2) is 0 Å². The number of hydrogen-bond donors (Lipinski definition) is 0. The summed E-state index contributed by atoms with van der Waals surface area (Å²) in [4.78, 5) is 0. The second-order valence-electron chi connectivity index (χ2n) is 6.25. The van der Waals surface area contributed by atoms with E-state index in [0.717, 1.165) is 0 Å². The second-order valence-corrected chi connectivity index (χ2v) is 6.25. The van der Waals surface area contributed by atoms with Crippen molar-refractivity contribution in [2.24, 2.45) is 0 Å². The summed E-state index contributed by atoms with van der Waals surface area (Å²) in [6, 6.07) is 0. The molecular weight excluding hydrogens is 300 g/mol. The average Bonchev–Trinajstić information content (AvgIpc) is 2.71. The fraction of sp³-hybridized carbons (Fsp3) is 0.476. The van der Waals surface area contributed by atoms with Crippen molar-refractivity contribution in [3.63, 3.8) is 0 Å². The standard InChI is InChI=1S/2C10H15.CH3.Ti/c2*1-6-7(2)9(4)10(5)8(6)3;;/h2*1-5H3;1H3;/q;;-1;. The zero-order chi connectivity index (χ0) is 15.8. The van der Waals surface area contributed by atoms with Gasteiger partial charge in [-0.05, 0) is 59.2 Å². The molecule has 2 rings (SSSR count). The smallest absolute Gasteiger partial charge is 0 e. The minimum absolute atomic E-state index is 0. The Hall–Kier alpha value is 0.714. The minimum atomic E-state index is 0. The molecule has 2 saturated carbocycles. The van der Waals surface area contributed by atoms with Gasteiger partial charge in [-0.2, -0.15) is 0 Å². The van der Waals surface area contributed by atoms with E-state index in [0.29, 0.717) is 0 Å². The zero-order valence-electron chi connectivity index (χ0n) is 16.5. The molecule has 0 N–H and O–H groups in total. The molecule has 0 aromatic heterocycles. The molecule has 2 aliphatic rings. The molecule has 0 aromatic carbocycles. The van der Waals surface area contributed by atoms with E-state index in [4.69, 9.17) is 0 Å². The van der Waals surface area contributed by atoms with Gasteiger partial charge in [-0.15, -0.1) is 0 Å². The Balaban J connectivity index is 0. The van der Waals surface area contributed by atoms with Gasteiger partial charge in [0.05, 0.1) is 0 Å². The predicted octanol–water partition coefficient (Wildman–Crippen LogP) is 6.39. The van der Waals surface area contributed by atoms with Gasteiger partial charge in [0.25, 0.3) is 0 Å². The first-order valence-corrected chi connectivity index (χ1v) is 7.50. The van der Waals surface area contributed by atoms with E-state index in [1.165, 1.54) is 59.2 Å². The third-order valence-corrected chi connectivity index (χ3v) is 5.62. The Kier molecular flexibility index (Phi) is 11.2. The minimum Gasteiger partial charge on any atom is -0.358 e. The van der Waals surface area contributed by atoms with E-state index in [9.17, 15) is 0 Å². The van der Waals surface area contributed by atoms with Crippen molar-refractivity contribution in [3.8, 4) is 0 Å². The Bertz CT molecular complexity index is 181. The molecule has 0 aromatic rings. The van der Waals surface area contributed by atoms with Gasteiger partial charge >= 0.3 is 0 Å². The van der Waals surface area contributed by atoms with Crippen LogP contribution in [-0.2, 0) is 21.7 Å². The van der Waals surface area contributed by atoms with Crippen molar-refractivity contribution >= 4 is 0 Å². The summed E-state index contributed by atoms with van der Waals surface area (Å²) >= 11 is 0. The van der Waals surface area contributed by atoms with Crippen LogP contribution >= 0.6 is 0 Å². The van der Waals surface area contributed by atoms with E-state index < -0.39 is 0 Å². The summed E-state index contributed by atoms with van der Waals surface area (Å²) in [5, 5.41) is 0. The van der Waals surface area contributed by atoms with Gasteiger partial charge in [-0.3, -0.25) is 0 Å². The summed E-state index contributed by atoms with van der Waals surface area (Å²) in [5.41, 5.74) is 0. The monoisotopic (exact) mass is 333 g/mol. The van der Waals surface area contributed by atoms with E-state index in [1.54, 1.807) is 0 Å².